The smallest absolute Gasteiger partial charge is 0.253 e. The van der Waals surface area contributed by atoms with E-state index in [0.717, 1.165) is 27.6 Å². The number of pyridine rings is 2. The minimum Gasteiger partial charge on any atom is -0.345 e. The Morgan fingerprint density at radius 3 is 2.52 bits per heavy atom. The highest BCUT2D eigenvalue weighted by atomic mass is 16.1. The first-order valence-corrected chi connectivity index (χ1v) is 10.8. The molecule has 33 heavy (non-hydrogen) atoms. The number of nitrogens with one attached hydrogen (secondary N) is 1. The first kappa shape index (κ1) is 20.6. The minimum absolute atomic E-state index is 0.175. The molecule has 0 saturated carbocycles. The molecule has 6 heteroatoms. The summed E-state index contributed by atoms with van der Waals surface area (Å²) in [7, 11) is 1.86. The monoisotopic (exact) mass is 433 g/mol. The van der Waals surface area contributed by atoms with Crippen LogP contribution in [0, 0.1) is 0 Å². The average Bonchev–Trinajstić information content (AvgIpc) is 3.30. The summed E-state index contributed by atoms with van der Waals surface area (Å²) in [6.07, 6.45) is 8.86. The number of hydrogen-bond acceptors (Lipinski definition) is 4. The van der Waals surface area contributed by atoms with Crippen LogP contribution in [0.15, 0.2) is 91.6 Å². The zero-order valence-corrected chi connectivity index (χ0v) is 18.4. The van der Waals surface area contributed by atoms with Crippen LogP contribution in [0.4, 0.5) is 0 Å². The first-order chi connectivity index (χ1) is 16.1. The van der Waals surface area contributed by atoms with Crippen LogP contribution < -0.4 is 5.32 Å². The lowest BCUT2D eigenvalue weighted by Gasteiger charge is -2.17. The van der Waals surface area contributed by atoms with Crippen molar-refractivity contribution in [3.05, 3.63) is 103 Å². The molecule has 0 aliphatic heterocycles. The predicted molar refractivity (Wildman–Crippen MR) is 129 cm³/mol. The van der Waals surface area contributed by atoms with Crippen LogP contribution in [0.3, 0.4) is 0 Å². The summed E-state index contributed by atoms with van der Waals surface area (Å²) in [5, 5.41) is 9.71. The van der Waals surface area contributed by atoms with E-state index in [4.69, 9.17) is 0 Å². The third kappa shape index (κ3) is 4.23. The fraction of sp³-hybridized carbons (Fsp3) is 0.111. The van der Waals surface area contributed by atoms with Crippen molar-refractivity contribution in [2.45, 2.75) is 13.0 Å². The number of carbonyl (C=O) groups excluding carboxylic acids is 1. The Morgan fingerprint density at radius 1 is 0.909 bits per heavy atom. The van der Waals surface area contributed by atoms with Gasteiger partial charge >= 0.3 is 0 Å². The van der Waals surface area contributed by atoms with Gasteiger partial charge in [0.2, 0.25) is 0 Å². The van der Waals surface area contributed by atoms with E-state index in [9.17, 15) is 4.79 Å². The second-order valence-corrected chi connectivity index (χ2v) is 8.07. The second kappa shape index (κ2) is 8.67. The maximum Gasteiger partial charge on any atom is 0.253 e. The lowest BCUT2D eigenvalue weighted by molar-refractivity contribution is 0.0940. The molecule has 0 saturated heterocycles. The largest absolute Gasteiger partial charge is 0.345 e. The van der Waals surface area contributed by atoms with Crippen LogP contribution in [0.1, 0.15) is 28.9 Å². The van der Waals surface area contributed by atoms with Gasteiger partial charge < -0.3 is 5.32 Å². The lowest BCUT2D eigenvalue weighted by Crippen LogP contribution is -2.27. The summed E-state index contributed by atoms with van der Waals surface area (Å²) < 4.78 is 1.73. The van der Waals surface area contributed by atoms with Gasteiger partial charge in [-0.15, -0.1) is 0 Å². The van der Waals surface area contributed by atoms with Gasteiger partial charge in [0.25, 0.3) is 5.91 Å². The summed E-state index contributed by atoms with van der Waals surface area (Å²) in [4.78, 5) is 22.3. The fourth-order valence-corrected chi connectivity index (χ4v) is 3.93. The van der Waals surface area contributed by atoms with Crippen LogP contribution in [-0.4, -0.2) is 25.7 Å². The third-order valence-corrected chi connectivity index (χ3v) is 5.73. The summed E-state index contributed by atoms with van der Waals surface area (Å²) in [5.41, 5.74) is 4.66. The Bertz CT molecular complexity index is 1440. The van der Waals surface area contributed by atoms with E-state index in [2.05, 4.69) is 50.7 Å². The van der Waals surface area contributed by atoms with Crippen molar-refractivity contribution >= 4 is 16.7 Å². The summed E-state index contributed by atoms with van der Waals surface area (Å²) in [5.74, 6) is -0.187. The number of nitrogens with zero attached hydrogens (tertiary/aromatic N) is 4. The molecule has 0 unspecified atom stereocenters. The Balaban J connectivity index is 1.50. The number of rotatable bonds is 5. The molecule has 0 fully saturated rings. The van der Waals surface area contributed by atoms with Crippen molar-refractivity contribution in [3.8, 4) is 22.4 Å². The molecule has 1 amide bonds. The van der Waals surface area contributed by atoms with Gasteiger partial charge in [0.15, 0.2) is 0 Å². The Morgan fingerprint density at radius 2 is 1.76 bits per heavy atom. The van der Waals surface area contributed by atoms with Gasteiger partial charge in [0.05, 0.1) is 23.5 Å². The zero-order chi connectivity index (χ0) is 22.8. The van der Waals surface area contributed by atoms with Crippen LogP contribution in [-0.2, 0) is 7.05 Å². The molecule has 0 aliphatic rings. The summed E-state index contributed by atoms with van der Waals surface area (Å²) >= 11 is 0. The maximum atomic E-state index is 13.5. The highest BCUT2D eigenvalue weighted by Gasteiger charge is 2.19. The van der Waals surface area contributed by atoms with E-state index in [1.165, 1.54) is 5.39 Å². The number of benzene rings is 2. The Hall–Kier alpha value is -4.32. The van der Waals surface area contributed by atoms with Crippen LogP contribution in [0.2, 0.25) is 0 Å². The number of aryl methyl sites for hydroxylation is 1. The van der Waals surface area contributed by atoms with E-state index < -0.39 is 0 Å². The molecule has 0 spiro atoms. The quantitative estimate of drug-likeness (QED) is 0.414. The zero-order valence-electron chi connectivity index (χ0n) is 18.4. The van der Waals surface area contributed by atoms with Gasteiger partial charge in [-0.05, 0) is 47.5 Å². The van der Waals surface area contributed by atoms with Gasteiger partial charge in [0.1, 0.15) is 0 Å². The molecule has 5 rings (SSSR count). The van der Waals surface area contributed by atoms with E-state index in [1.54, 1.807) is 29.5 Å². The van der Waals surface area contributed by atoms with Crippen molar-refractivity contribution in [2.24, 2.45) is 7.05 Å². The fourth-order valence-electron chi connectivity index (χ4n) is 3.93. The average molecular weight is 434 g/mol. The molecule has 6 nitrogen and oxygen atoms in total. The molecule has 1 atom stereocenters. The number of aromatic nitrogens is 4. The molecule has 162 valence electrons. The third-order valence-electron chi connectivity index (χ3n) is 5.73. The molecule has 2 aromatic carbocycles. The van der Waals surface area contributed by atoms with Crippen molar-refractivity contribution in [3.63, 3.8) is 0 Å². The molecule has 0 aliphatic carbocycles. The van der Waals surface area contributed by atoms with Crippen molar-refractivity contribution in [2.75, 3.05) is 0 Å². The SMILES string of the molecule is C[C@@H](NC(=O)c1cc(-c2cnn(C)c2)cnc1-c1cccnc1)c1ccc2ccccc2c1. The molecular formula is C27H23N5O. The van der Waals surface area contributed by atoms with Crippen LogP contribution >= 0.6 is 0 Å². The lowest BCUT2D eigenvalue weighted by atomic mass is 10.0. The molecule has 3 aromatic heterocycles. The van der Waals surface area contributed by atoms with Crippen molar-refractivity contribution in [1.82, 2.24) is 25.1 Å². The van der Waals surface area contributed by atoms with Gasteiger partial charge in [-0.2, -0.15) is 5.10 Å². The molecule has 0 bridgehead atoms. The maximum absolute atomic E-state index is 13.5. The van der Waals surface area contributed by atoms with E-state index in [-0.39, 0.29) is 11.9 Å². The summed E-state index contributed by atoms with van der Waals surface area (Å²) in [6, 6.07) is 19.9. The van der Waals surface area contributed by atoms with Crippen LogP contribution in [0.5, 0.6) is 0 Å². The number of amides is 1. The van der Waals surface area contributed by atoms with Gasteiger partial charge in [-0.1, -0.05) is 36.4 Å². The first-order valence-electron chi connectivity index (χ1n) is 10.8. The molecule has 3 heterocycles. The van der Waals surface area contributed by atoms with Crippen molar-refractivity contribution < 1.29 is 4.79 Å². The van der Waals surface area contributed by atoms with E-state index in [0.29, 0.717) is 11.3 Å². The van der Waals surface area contributed by atoms with Crippen molar-refractivity contribution in [1.29, 1.82) is 0 Å². The van der Waals surface area contributed by atoms with E-state index >= 15 is 0 Å². The van der Waals surface area contributed by atoms with Crippen LogP contribution in [0.25, 0.3) is 33.2 Å². The molecule has 5 aromatic rings. The Kier molecular flexibility index (Phi) is 5.40. The second-order valence-electron chi connectivity index (χ2n) is 8.07. The number of fused-ring (bicyclic) bond motifs is 1. The van der Waals surface area contributed by atoms with E-state index in [1.807, 2.05) is 50.5 Å². The van der Waals surface area contributed by atoms with Gasteiger partial charge in [0, 0.05) is 48.5 Å². The van der Waals surface area contributed by atoms with Gasteiger partial charge in [-0.25, -0.2) is 0 Å². The molecule has 0 radical (unpaired) electrons. The van der Waals surface area contributed by atoms with Gasteiger partial charge in [-0.3, -0.25) is 19.4 Å². The highest BCUT2D eigenvalue weighted by Crippen LogP contribution is 2.27. The standard InChI is InChI=1S/C27H23N5O/c1-18(20-10-9-19-6-3-4-7-21(19)12-20)31-27(33)25-13-23(24-16-30-32(2)17-24)15-29-26(25)22-8-5-11-28-14-22/h3-18H,1-2H3,(H,31,33)/t18-/m1/s1. The normalized spacial score (nSPS) is 11.9. The molecular weight excluding hydrogens is 410 g/mol. The molecule has 1 N–H and O–H groups in total. The number of carbonyl (C=O) groups is 1. The summed E-state index contributed by atoms with van der Waals surface area (Å²) in [6.45, 7) is 1.99. The Labute approximate surface area is 192 Å². The minimum atomic E-state index is -0.187. The highest BCUT2D eigenvalue weighted by molar-refractivity contribution is 6.01. The predicted octanol–water partition coefficient (Wildman–Crippen LogP) is 5.19. The topological polar surface area (TPSA) is 72.7 Å². The number of hydrogen-bond donors (Lipinski definition) is 1.